The Labute approximate surface area is 146 Å². The van der Waals surface area contributed by atoms with Gasteiger partial charge < -0.3 is 4.74 Å². The molecule has 0 aromatic heterocycles. The van der Waals surface area contributed by atoms with Crippen LogP contribution in [0.3, 0.4) is 0 Å². The van der Waals surface area contributed by atoms with Gasteiger partial charge >= 0.3 is 0 Å². The largest absolute Gasteiger partial charge is 0.388 e. The molecule has 0 saturated carbocycles. The smallest absolute Gasteiger partial charge is 0.0351 e. The number of hydrogen-bond acceptors (Lipinski definition) is 1. The molecule has 23 heavy (non-hydrogen) atoms. The summed E-state index contributed by atoms with van der Waals surface area (Å²) in [4.78, 5) is 1.49. The lowest BCUT2D eigenvalue weighted by molar-refractivity contribution is 0.277. The molecule has 132 valence electrons. The Balaban J connectivity index is 0. The van der Waals surface area contributed by atoms with Crippen LogP contribution >= 0.6 is 10.0 Å². The first-order chi connectivity index (χ1) is 10.9. The summed E-state index contributed by atoms with van der Waals surface area (Å²) in [7, 11) is 2.72. The van der Waals surface area contributed by atoms with Gasteiger partial charge in [0.25, 0.3) is 0 Å². The van der Waals surface area contributed by atoms with E-state index < -0.39 is 10.0 Å². The second-order valence-electron chi connectivity index (χ2n) is 5.54. The average Bonchev–Trinajstić information content (AvgIpc) is 2.80. The number of ether oxygens (including phenoxy) is 1. The Morgan fingerprint density at radius 1 is 0.913 bits per heavy atom. The summed E-state index contributed by atoms with van der Waals surface area (Å²) in [5.41, 5.74) is 1.32. The van der Waals surface area contributed by atoms with Crippen molar-refractivity contribution in [1.82, 2.24) is 0 Å². The summed E-state index contributed by atoms with van der Waals surface area (Å²) in [6.07, 6.45) is 19.1. The van der Waals surface area contributed by atoms with Crippen molar-refractivity contribution < 1.29 is 4.74 Å². The van der Waals surface area contributed by atoms with Crippen molar-refractivity contribution in [3.05, 3.63) is 71.2 Å². The number of aryl methyl sites for hydroxylation is 1. The van der Waals surface area contributed by atoms with Crippen LogP contribution in [0.4, 0.5) is 0 Å². The summed E-state index contributed by atoms with van der Waals surface area (Å²) >= 11 is 0. The van der Waals surface area contributed by atoms with Crippen molar-refractivity contribution in [2.45, 2.75) is 27.2 Å². The first kappa shape index (κ1) is 24.0. The minimum Gasteiger partial charge on any atom is -0.388 e. The third-order valence-electron chi connectivity index (χ3n) is 2.60. The van der Waals surface area contributed by atoms with Gasteiger partial charge in [-0.05, 0) is 37.0 Å². The second-order valence-corrected chi connectivity index (χ2v) is 9.68. The monoisotopic (exact) mass is 336 g/mol. The summed E-state index contributed by atoms with van der Waals surface area (Å²) in [6.45, 7) is 6.08. The van der Waals surface area contributed by atoms with E-state index in [0.29, 0.717) is 0 Å². The van der Waals surface area contributed by atoms with Crippen molar-refractivity contribution >= 4 is 10.0 Å². The first-order valence-corrected chi connectivity index (χ1v) is 10.9. The highest BCUT2D eigenvalue weighted by Crippen LogP contribution is 2.45. The third kappa shape index (κ3) is 15.4. The fraction of sp³-hybridized carbons (Fsp3) is 0.429. The van der Waals surface area contributed by atoms with Crippen LogP contribution in [-0.2, 0) is 4.74 Å². The SMILES string of the molecule is CC.COC.CS(C)(C)C1=CC=CCC=C1.Cc1ccccc1. The number of hydrogen-bond donors (Lipinski definition) is 0. The molecule has 0 heterocycles. The van der Waals surface area contributed by atoms with Gasteiger partial charge in [-0.1, -0.05) is 80.1 Å². The van der Waals surface area contributed by atoms with Gasteiger partial charge in [0.1, 0.15) is 0 Å². The van der Waals surface area contributed by atoms with Crippen LogP contribution in [-0.4, -0.2) is 33.0 Å². The highest BCUT2D eigenvalue weighted by molar-refractivity contribution is 8.35. The molecule has 1 aliphatic carbocycles. The lowest BCUT2D eigenvalue weighted by Gasteiger charge is -2.26. The maximum Gasteiger partial charge on any atom is 0.0351 e. The standard InChI is InChI=1S/C10H16S.C7H8.C2H6O.C2H6/c1-11(2,3)10-8-6-4-5-7-9-10;1-7-5-3-2-4-6-7;1-3-2;1-2/h4,6-9H,5H2,1-3H3;2-6H,1H3;1-2H3;1-2H3. The fourth-order valence-corrected chi connectivity index (χ4v) is 2.49. The predicted octanol–water partition coefficient (Wildman–Crippen LogP) is 6.36. The molecule has 1 aromatic rings. The van der Waals surface area contributed by atoms with E-state index >= 15 is 0 Å². The van der Waals surface area contributed by atoms with Crippen LogP contribution in [0, 0.1) is 6.92 Å². The normalized spacial score (nSPS) is 13.0. The van der Waals surface area contributed by atoms with E-state index in [9.17, 15) is 0 Å². The zero-order valence-corrected chi connectivity index (χ0v) is 17.1. The number of methoxy groups -OCH3 is 1. The number of benzene rings is 1. The van der Waals surface area contributed by atoms with Crippen molar-refractivity contribution in [1.29, 1.82) is 0 Å². The van der Waals surface area contributed by atoms with Gasteiger partial charge in [0.05, 0.1) is 0 Å². The Hall–Kier alpha value is -1.25. The Morgan fingerprint density at radius 3 is 1.83 bits per heavy atom. The van der Waals surface area contributed by atoms with Crippen LogP contribution in [0.5, 0.6) is 0 Å². The van der Waals surface area contributed by atoms with Gasteiger partial charge in [-0.3, -0.25) is 0 Å². The molecule has 0 amide bonds. The molecule has 1 aromatic carbocycles. The molecule has 2 rings (SSSR count). The highest BCUT2D eigenvalue weighted by atomic mass is 32.3. The Kier molecular flexibility index (Phi) is 16.3. The van der Waals surface area contributed by atoms with Crippen molar-refractivity contribution in [3.63, 3.8) is 0 Å². The zero-order chi connectivity index (χ0) is 18.1. The molecule has 0 aliphatic heterocycles. The third-order valence-corrected chi connectivity index (χ3v) is 4.28. The van der Waals surface area contributed by atoms with Crippen LogP contribution < -0.4 is 0 Å². The van der Waals surface area contributed by atoms with Gasteiger partial charge in [-0.25, -0.2) is 10.0 Å². The van der Waals surface area contributed by atoms with Crippen LogP contribution in [0.2, 0.25) is 0 Å². The van der Waals surface area contributed by atoms with E-state index in [1.165, 1.54) is 10.5 Å². The van der Waals surface area contributed by atoms with E-state index in [0.717, 1.165) is 6.42 Å². The molecule has 0 saturated heterocycles. The topological polar surface area (TPSA) is 9.23 Å². The van der Waals surface area contributed by atoms with E-state index in [-0.39, 0.29) is 0 Å². The predicted molar refractivity (Wildman–Crippen MR) is 112 cm³/mol. The van der Waals surface area contributed by atoms with Gasteiger partial charge in [-0.2, -0.15) is 0 Å². The lowest BCUT2D eigenvalue weighted by atomic mass is 10.2. The summed E-state index contributed by atoms with van der Waals surface area (Å²) < 4.78 is 4.25. The minimum atomic E-state index is -0.526. The fourth-order valence-electron chi connectivity index (χ4n) is 1.50. The molecule has 1 nitrogen and oxygen atoms in total. The highest BCUT2D eigenvalue weighted by Gasteiger charge is 2.07. The first-order valence-electron chi connectivity index (χ1n) is 8.05. The van der Waals surface area contributed by atoms with Gasteiger partial charge in [-0.15, -0.1) is 0 Å². The van der Waals surface area contributed by atoms with E-state index in [4.69, 9.17) is 0 Å². The van der Waals surface area contributed by atoms with E-state index in [2.05, 4.69) is 72.9 Å². The van der Waals surface area contributed by atoms with Crippen LogP contribution in [0.25, 0.3) is 0 Å². The zero-order valence-electron chi connectivity index (χ0n) is 16.3. The van der Waals surface area contributed by atoms with Gasteiger partial charge in [0, 0.05) is 14.2 Å². The molecule has 0 fully saturated rings. The molecule has 0 bridgehead atoms. The molecule has 0 N–H and O–H groups in total. The molecule has 0 radical (unpaired) electrons. The number of allylic oxidation sites excluding steroid dienone is 5. The molecule has 0 atom stereocenters. The maximum atomic E-state index is 4.25. The minimum absolute atomic E-state index is 0.526. The molecular weight excluding hydrogens is 300 g/mol. The molecular formula is C21H36OS. The average molecular weight is 337 g/mol. The lowest BCUT2D eigenvalue weighted by Crippen LogP contribution is -1.92. The van der Waals surface area contributed by atoms with Gasteiger partial charge in [0.2, 0.25) is 0 Å². The van der Waals surface area contributed by atoms with E-state index in [1.54, 1.807) is 14.2 Å². The summed E-state index contributed by atoms with van der Waals surface area (Å²) in [6, 6.07) is 10.3. The summed E-state index contributed by atoms with van der Waals surface area (Å²) in [5.74, 6) is 0. The maximum absolute atomic E-state index is 4.25. The van der Waals surface area contributed by atoms with Crippen LogP contribution in [0.1, 0.15) is 25.8 Å². The Bertz CT molecular complexity index is 450. The molecule has 1 aliphatic rings. The van der Waals surface area contributed by atoms with Gasteiger partial charge in [0.15, 0.2) is 0 Å². The molecule has 2 heteroatoms. The van der Waals surface area contributed by atoms with Crippen molar-refractivity contribution in [2.75, 3.05) is 33.0 Å². The van der Waals surface area contributed by atoms with Crippen molar-refractivity contribution in [2.24, 2.45) is 0 Å². The second kappa shape index (κ2) is 15.6. The summed E-state index contributed by atoms with van der Waals surface area (Å²) in [5, 5.41) is 0. The Morgan fingerprint density at radius 2 is 1.43 bits per heavy atom. The number of rotatable bonds is 1. The van der Waals surface area contributed by atoms with E-state index in [1.807, 2.05) is 32.0 Å². The molecule has 0 unspecified atom stereocenters. The quantitative estimate of drug-likeness (QED) is 0.579. The van der Waals surface area contributed by atoms with Crippen molar-refractivity contribution in [3.8, 4) is 0 Å². The van der Waals surface area contributed by atoms with Crippen LogP contribution in [0.15, 0.2) is 65.6 Å². The molecule has 0 spiro atoms.